The Morgan fingerprint density at radius 2 is 1.80 bits per heavy atom. The van der Waals surface area contributed by atoms with Gasteiger partial charge in [-0.05, 0) is 48.7 Å². The monoisotopic (exact) mass is 339 g/mol. The maximum atomic E-state index is 10.2. The summed E-state index contributed by atoms with van der Waals surface area (Å²) in [5, 5.41) is 19.6. The van der Waals surface area contributed by atoms with E-state index in [4.69, 9.17) is 4.74 Å². The van der Waals surface area contributed by atoms with Gasteiger partial charge >= 0.3 is 0 Å². The Morgan fingerprint density at radius 3 is 2.44 bits per heavy atom. The zero-order valence-corrected chi connectivity index (χ0v) is 14.6. The standard InChI is InChI=1S/C21H25NO3/c1-16-2-8-21(9-3-16)25-15-20(24)14-22-12-10-18(11-13-22)17-4-6-19(23)7-5-17/h2-10,20,23-24H,11-15H2,1H3/t20-/m1/s1. The van der Waals surface area contributed by atoms with Crippen LogP contribution in [0.1, 0.15) is 17.5 Å². The van der Waals surface area contributed by atoms with Gasteiger partial charge in [-0.2, -0.15) is 0 Å². The second-order valence-corrected chi connectivity index (χ2v) is 6.56. The van der Waals surface area contributed by atoms with Crippen molar-refractivity contribution in [1.82, 2.24) is 4.90 Å². The quantitative estimate of drug-likeness (QED) is 0.848. The third kappa shape index (κ3) is 5.08. The van der Waals surface area contributed by atoms with E-state index in [-0.39, 0.29) is 0 Å². The number of aryl methyl sites for hydroxylation is 1. The Hall–Kier alpha value is -2.30. The first kappa shape index (κ1) is 17.5. The van der Waals surface area contributed by atoms with Gasteiger partial charge in [-0.3, -0.25) is 4.90 Å². The summed E-state index contributed by atoms with van der Waals surface area (Å²) < 4.78 is 5.65. The molecule has 1 atom stereocenters. The van der Waals surface area contributed by atoms with Gasteiger partial charge in [0, 0.05) is 19.6 Å². The molecular weight excluding hydrogens is 314 g/mol. The summed E-state index contributed by atoms with van der Waals surface area (Å²) in [5.74, 6) is 1.08. The molecule has 0 saturated carbocycles. The molecule has 3 rings (SSSR count). The largest absolute Gasteiger partial charge is 0.508 e. The summed E-state index contributed by atoms with van der Waals surface area (Å²) in [6.45, 7) is 4.67. The highest BCUT2D eigenvalue weighted by Crippen LogP contribution is 2.24. The first-order chi connectivity index (χ1) is 12.1. The summed E-state index contributed by atoms with van der Waals surface area (Å²) in [6.07, 6.45) is 2.63. The van der Waals surface area contributed by atoms with Crippen LogP contribution in [0, 0.1) is 6.92 Å². The van der Waals surface area contributed by atoms with E-state index in [1.165, 1.54) is 11.1 Å². The van der Waals surface area contributed by atoms with Crippen LogP contribution in [0.2, 0.25) is 0 Å². The lowest BCUT2D eigenvalue weighted by Crippen LogP contribution is -2.38. The maximum absolute atomic E-state index is 10.2. The average Bonchev–Trinajstić information content (AvgIpc) is 2.63. The molecule has 2 N–H and O–H groups in total. The minimum Gasteiger partial charge on any atom is -0.508 e. The highest BCUT2D eigenvalue weighted by Gasteiger charge is 2.16. The summed E-state index contributed by atoms with van der Waals surface area (Å²) in [7, 11) is 0. The van der Waals surface area contributed by atoms with E-state index in [1.807, 2.05) is 43.3 Å². The van der Waals surface area contributed by atoms with Crippen LogP contribution >= 0.6 is 0 Å². The van der Waals surface area contributed by atoms with Crippen molar-refractivity contribution in [2.75, 3.05) is 26.2 Å². The van der Waals surface area contributed by atoms with Crippen LogP contribution in [0.15, 0.2) is 54.6 Å². The van der Waals surface area contributed by atoms with E-state index >= 15 is 0 Å². The molecule has 0 amide bonds. The molecule has 2 aromatic carbocycles. The van der Waals surface area contributed by atoms with Gasteiger partial charge in [0.15, 0.2) is 0 Å². The van der Waals surface area contributed by atoms with Crippen molar-refractivity contribution in [3.63, 3.8) is 0 Å². The Balaban J connectivity index is 1.46. The lowest BCUT2D eigenvalue weighted by atomic mass is 9.99. The van der Waals surface area contributed by atoms with Gasteiger partial charge in [0.1, 0.15) is 24.2 Å². The van der Waals surface area contributed by atoms with E-state index < -0.39 is 6.10 Å². The molecule has 0 aromatic heterocycles. The number of nitrogens with zero attached hydrogens (tertiary/aromatic N) is 1. The number of phenols is 1. The van der Waals surface area contributed by atoms with Crippen molar-refractivity contribution in [3.05, 3.63) is 65.7 Å². The highest BCUT2D eigenvalue weighted by molar-refractivity contribution is 5.67. The van der Waals surface area contributed by atoms with E-state index in [1.54, 1.807) is 12.1 Å². The van der Waals surface area contributed by atoms with Crippen LogP contribution in [-0.4, -0.2) is 47.5 Å². The van der Waals surface area contributed by atoms with Crippen LogP contribution < -0.4 is 4.74 Å². The molecule has 0 radical (unpaired) electrons. The number of aliphatic hydroxyl groups excluding tert-OH is 1. The van der Waals surface area contributed by atoms with E-state index in [0.717, 1.165) is 30.8 Å². The molecule has 4 nitrogen and oxygen atoms in total. The molecule has 1 aliphatic heterocycles. The van der Waals surface area contributed by atoms with Crippen LogP contribution in [0.3, 0.4) is 0 Å². The molecule has 1 heterocycles. The molecule has 0 unspecified atom stereocenters. The molecule has 1 aliphatic rings. The first-order valence-corrected chi connectivity index (χ1v) is 8.68. The van der Waals surface area contributed by atoms with Gasteiger partial charge in [0.05, 0.1) is 0 Å². The van der Waals surface area contributed by atoms with Gasteiger partial charge in [-0.1, -0.05) is 35.9 Å². The van der Waals surface area contributed by atoms with Gasteiger partial charge < -0.3 is 14.9 Å². The molecule has 0 fully saturated rings. The SMILES string of the molecule is Cc1ccc(OC[C@H](O)CN2CC=C(c3ccc(O)cc3)CC2)cc1. The molecule has 0 saturated heterocycles. The van der Waals surface area contributed by atoms with Crippen LogP contribution in [0.25, 0.3) is 5.57 Å². The molecule has 0 bridgehead atoms. The fourth-order valence-corrected chi connectivity index (χ4v) is 2.99. The molecule has 25 heavy (non-hydrogen) atoms. The van der Waals surface area contributed by atoms with E-state index in [0.29, 0.717) is 18.9 Å². The number of phenolic OH excluding ortho intramolecular Hbond substituents is 1. The van der Waals surface area contributed by atoms with Crippen molar-refractivity contribution in [2.24, 2.45) is 0 Å². The molecule has 0 aliphatic carbocycles. The number of hydrogen-bond acceptors (Lipinski definition) is 4. The lowest BCUT2D eigenvalue weighted by Gasteiger charge is -2.28. The summed E-state index contributed by atoms with van der Waals surface area (Å²) in [5.41, 5.74) is 3.64. The van der Waals surface area contributed by atoms with Gasteiger partial charge in [-0.25, -0.2) is 0 Å². The zero-order chi connectivity index (χ0) is 17.6. The fourth-order valence-electron chi connectivity index (χ4n) is 2.99. The van der Waals surface area contributed by atoms with Crippen molar-refractivity contribution in [1.29, 1.82) is 0 Å². The predicted molar refractivity (Wildman–Crippen MR) is 99.8 cm³/mol. The topological polar surface area (TPSA) is 52.9 Å². The number of rotatable bonds is 6. The number of hydrogen-bond donors (Lipinski definition) is 2. The summed E-state index contributed by atoms with van der Waals surface area (Å²) >= 11 is 0. The molecular formula is C21H25NO3. The maximum Gasteiger partial charge on any atom is 0.119 e. The van der Waals surface area contributed by atoms with E-state index in [2.05, 4.69) is 11.0 Å². The van der Waals surface area contributed by atoms with Crippen LogP contribution in [0.4, 0.5) is 0 Å². The molecule has 2 aromatic rings. The number of benzene rings is 2. The number of aromatic hydroxyl groups is 1. The zero-order valence-electron chi connectivity index (χ0n) is 14.6. The highest BCUT2D eigenvalue weighted by atomic mass is 16.5. The third-order valence-corrected chi connectivity index (χ3v) is 4.46. The fraction of sp³-hybridized carbons (Fsp3) is 0.333. The lowest BCUT2D eigenvalue weighted by molar-refractivity contribution is 0.0717. The van der Waals surface area contributed by atoms with Gasteiger partial charge in [0.2, 0.25) is 0 Å². The normalized spacial score (nSPS) is 16.3. The average molecular weight is 339 g/mol. The smallest absolute Gasteiger partial charge is 0.119 e. The molecule has 4 heteroatoms. The Bertz CT molecular complexity index is 707. The van der Waals surface area contributed by atoms with Crippen LogP contribution in [0.5, 0.6) is 11.5 Å². The Labute approximate surface area is 149 Å². The summed E-state index contributed by atoms with van der Waals surface area (Å²) in [6, 6.07) is 15.2. The molecule has 132 valence electrons. The summed E-state index contributed by atoms with van der Waals surface area (Å²) in [4.78, 5) is 2.23. The van der Waals surface area contributed by atoms with Crippen molar-refractivity contribution < 1.29 is 14.9 Å². The van der Waals surface area contributed by atoms with Gasteiger partial charge in [0.25, 0.3) is 0 Å². The van der Waals surface area contributed by atoms with Crippen LogP contribution in [-0.2, 0) is 0 Å². The number of ether oxygens (including phenoxy) is 1. The molecule has 0 spiro atoms. The minimum absolute atomic E-state index is 0.290. The second-order valence-electron chi connectivity index (χ2n) is 6.56. The van der Waals surface area contributed by atoms with E-state index in [9.17, 15) is 10.2 Å². The second kappa shape index (κ2) is 8.19. The van der Waals surface area contributed by atoms with Gasteiger partial charge in [-0.15, -0.1) is 0 Å². The Kier molecular flexibility index (Phi) is 5.74. The Morgan fingerprint density at radius 1 is 1.08 bits per heavy atom. The number of aliphatic hydroxyl groups is 1. The number of β-amino-alcohol motifs (C(OH)–C–C–N with tert-alkyl or cyclic N) is 1. The van der Waals surface area contributed by atoms with Crippen molar-refractivity contribution in [3.8, 4) is 11.5 Å². The third-order valence-electron chi connectivity index (χ3n) is 4.46. The predicted octanol–water partition coefficient (Wildman–Crippen LogP) is 3.23. The first-order valence-electron chi connectivity index (χ1n) is 8.68. The van der Waals surface area contributed by atoms with Crippen molar-refractivity contribution >= 4 is 5.57 Å². The van der Waals surface area contributed by atoms with Crippen molar-refractivity contribution in [2.45, 2.75) is 19.4 Å². The minimum atomic E-state index is -0.509.